The second kappa shape index (κ2) is 4.93. The van der Waals surface area contributed by atoms with Crippen LogP contribution < -0.4 is 9.57 Å². The van der Waals surface area contributed by atoms with E-state index in [1.54, 1.807) is 0 Å². The van der Waals surface area contributed by atoms with E-state index in [0.29, 0.717) is 18.9 Å². The minimum absolute atomic E-state index is 0.0155. The summed E-state index contributed by atoms with van der Waals surface area (Å²) in [6, 6.07) is 2.73. The van der Waals surface area contributed by atoms with Crippen molar-refractivity contribution in [3.05, 3.63) is 29.6 Å². The predicted octanol–water partition coefficient (Wildman–Crippen LogP) is 3.50. The Morgan fingerprint density at radius 1 is 1.28 bits per heavy atom. The Hall–Kier alpha value is -1.01. The normalized spacial score (nSPS) is 23.6. The number of hydrogen-bond donors (Lipinski definition) is 1. The summed E-state index contributed by atoms with van der Waals surface area (Å²) in [5.41, 5.74) is -1.31. The Kier molecular flexibility index (Phi) is 3.68. The zero-order valence-corrected chi connectivity index (χ0v) is 9.85. The molecule has 1 aromatic carbocycles. The number of rotatable bonds is 3. The molecule has 0 atom stereocenters. The van der Waals surface area contributed by atoms with Crippen LogP contribution in [0.2, 0.25) is 0 Å². The molecule has 2 nitrogen and oxygen atoms in total. The van der Waals surface area contributed by atoms with Crippen molar-refractivity contribution in [2.45, 2.75) is 31.2 Å². The number of halogens is 5. The molecule has 7 heteroatoms. The van der Waals surface area contributed by atoms with E-state index in [-0.39, 0.29) is 17.9 Å². The van der Waals surface area contributed by atoms with Crippen molar-refractivity contribution in [2.75, 3.05) is 0 Å². The van der Waals surface area contributed by atoms with Crippen LogP contribution >= 0.6 is 11.8 Å². The first-order valence-corrected chi connectivity index (χ1v) is 5.67. The van der Waals surface area contributed by atoms with E-state index in [4.69, 9.17) is 16.5 Å². The molecule has 0 heterocycles. The molecule has 18 heavy (non-hydrogen) atoms. The number of hydrogen-bond acceptors (Lipinski definition) is 2. The molecule has 0 saturated heterocycles. The number of benzene rings is 1. The molecule has 100 valence electrons. The maximum Gasteiger partial charge on any atom is 0.419 e. The van der Waals surface area contributed by atoms with Crippen LogP contribution in [0, 0.1) is 5.82 Å². The zero-order chi connectivity index (χ0) is 13.3. The summed E-state index contributed by atoms with van der Waals surface area (Å²) in [7, 11) is 0. The standard InChI is InChI=1S/C11H10ClF4NO/c12-17-6-3-8(4-6)18-7-1-2-10(13)9(5-7)11(14,15)16/h1-2,5-6,8,17H,3-4H2/t6-,8-. The summed E-state index contributed by atoms with van der Waals surface area (Å²) in [6.45, 7) is 0. The van der Waals surface area contributed by atoms with Gasteiger partial charge in [0.05, 0.1) is 5.56 Å². The monoisotopic (exact) mass is 283 g/mol. The van der Waals surface area contributed by atoms with Gasteiger partial charge >= 0.3 is 6.18 Å². The summed E-state index contributed by atoms with van der Waals surface area (Å²) in [6.07, 6.45) is -3.68. The van der Waals surface area contributed by atoms with Crippen molar-refractivity contribution in [1.29, 1.82) is 0 Å². The van der Waals surface area contributed by atoms with Gasteiger partial charge in [0.15, 0.2) is 0 Å². The summed E-state index contributed by atoms with van der Waals surface area (Å²) in [4.78, 5) is 2.51. The SMILES string of the molecule is Fc1ccc(O[C@H]2C[C@H](NCl)C2)cc1C(F)(F)F. The van der Waals surface area contributed by atoms with Crippen molar-refractivity contribution in [3.63, 3.8) is 0 Å². The highest BCUT2D eigenvalue weighted by Gasteiger charge is 2.35. The average molecular weight is 284 g/mol. The molecule has 1 fully saturated rings. The lowest BCUT2D eigenvalue weighted by Gasteiger charge is -2.34. The summed E-state index contributed by atoms with van der Waals surface area (Å²) < 4.78 is 55.7. The van der Waals surface area contributed by atoms with Gasteiger partial charge in [0, 0.05) is 18.9 Å². The number of nitrogens with one attached hydrogen (secondary N) is 1. The van der Waals surface area contributed by atoms with E-state index in [1.165, 1.54) is 6.07 Å². The fraction of sp³-hybridized carbons (Fsp3) is 0.455. The zero-order valence-electron chi connectivity index (χ0n) is 9.10. The van der Waals surface area contributed by atoms with Crippen molar-refractivity contribution in [2.24, 2.45) is 0 Å². The molecule has 0 spiro atoms. The molecule has 0 bridgehead atoms. The lowest BCUT2D eigenvalue weighted by atomic mass is 9.90. The lowest BCUT2D eigenvalue weighted by molar-refractivity contribution is -0.140. The molecule has 0 unspecified atom stereocenters. The third kappa shape index (κ3) is 2.87. The molecule has 0 aliphatic heterocycles. The van der Waals surface area contributed by atoms with Crippen LogP contribution in [-0.4, -0.2) is 12.1 Å². The van der Waals surface area contributed by atoms with Gasteiger partial charge in [-0.25, -0.2) is 9.23 Å². The molecule has 1 aromatic rings. The van der Waals surface area contributed by atoms with Gasteiger partial charge in [-0.3, -0.25) is 0 Å². The Bertz CT molecular complexity index is 432. The van der Waals surface area contributed by atoms with Crippen molar-refractivity contribution in [1.82, 2.24) is 4.84 Å². The minimum atomic E-state index is -4.72. The van der Waals surface area contributed by atoms with Crippen LogP contribution in [0.25, 0.3) is 0 Å². The van der Waals surface area contributed by atoms with Crippen molar-refractivity contribution >= 4 is 11.8 Å². The largest absolute Gasteiger partial charge is 0.490 e. The van der Waals surface area contributed by atoms with Crippen molar-refractivity contribution < 1.29 is 22.3 Å². The molecule has 1 saturated carbocycles. The first-order chi connectivity index (χ1) is 8.40. The van der Waals surface area contributed by atoms with Gasteiger partial charge in [-0.2, -0.15) is 13.2 Å². The van der Waals surface area contributed by atoms with Gasteiger partial charge in [-0.15, -0.1) is 0 Å². The molecular weight excluding hydrogens is 274 g/mol. The van der Waals surface area contributed by atoms with E-state index in [1.807, 2.05) is 0 Å². The summed E-state index contributed by atoms with van der Waals surface area (Å²) >= 11 is 5.37. The second-order valence-corrected chi connectivity index (χ2v) is 4.37. The van der Waals surface area contributed by atoms with Gasteiger partial charge in [0.2, 0.25) is 0 Å². The molecule has 1 aliphatic rings. The van der Waals surface area contributed by atoms with E-state index >= 15 is 0 Å². The number of alkyl halides is 3. The second-order valence-electron chi connectivity index (χ2n) is 4.16. The molecule has 0 amide bonds. The topological polar surface area (TPSA) is 21.3 Å². The van der Waals surface area contributed by atoms with Crippen LogP contribution in [0.3, 0.4) is 0 Å². The first kappa shape index (κ1) is 13.4. The van der Waals surface area contributed by atoms with Gasteiger partial charge in [0.25, 0.3) is 0 Å². The Balaban J connectivity index is 2.06. The van der Waals surface area contributed by atoms with E-state index < -0.39 is 17.6 Å². The quantitative estimate of drug-likeness (QED) is 0.677. The fourth-order valence-electron chi connectivity index (χ4n) is 1.74. The molecule has 2 rings (SSSR count). The maximum atomic E-state index is 13.0. The molecule has 1 aliphatic carbocycles. The molecular formula is C11H10ClF4NO. The highest BCUT2D eigenvalue weighted by atomic mass is 35.5. The van der Waals surface area contributed by atoms with Gasteiger partial charge in [-0.05, 0) is 30.0 Å². The van der Waals surface area contributed by atoms with Crippen LogP contribution in [0.1, 0.15) is 18.4 Å². The van der Waals surface area contributed by atoms with Gasteiger partial charge < -0.3 is 4.74 Å². The molecule has 0 radical (unpaired) electrons. The van der Waals surface area contributed by atoms with Crippen LogP contribution in [-0.2, 0) is 6.18 Å². The summed E-state index contributed by atoms with van der Waals surface area (Å²) in [5.74, 6) is -1.29. The fourth-order valence-corrected chi connectivity index (χ4v) is 1.92. The smallest absolute Gasteiger partial charge is 0.419 e. The maximum absolute atomic E-state index is 13.0. The van der Waals surface area contributed by atoms with Crippen LogP contribution in [0.4, 0.5) is 17.6 Å². The first-order valence-electron chi connectivity index (χ1n) is 5.29. The Morgan fingerprint density at radius 3 is 2.50 bits per heavy atom. The van der Waals surface area contributed by atoms with Crippen molar-refractivity contribution in [3.8, 4) is 5.75 Å². The highest BCUT2D eigenvalue weighted by Crippen LogP contribution is 2.35. The van der Waals surface area contributed by atoms with Gasteiger partial charge in [0.1, 0.15) is 17.7 Å². The Labute approximate surface area is 106 Å². The predicted molar refractivity (Wildman–Crippen MR) is 57.8 cm³/mol. The minimum Gasteiger partial charge on any atom is -0.490 e. The highest BCUT2D eigenvalue weighted by molar-refractivity contribution is 6.13. The van der Waals surface area contributed by atoms with Gasteiger partial charge in [-0.1, -0.05) is 0 Å². The third-order valence-electron chi connectivity index (χ3n) is 2.80. The number of ether oxygens (including phenoxy) is 1. The third-order valence-corrected chi connectivity index (χ3v) is 3.10. The van der Waals surface area contributed by atoms with E-state index in [0.717, 1.165) is 6.07 Å². The van der Waals surface area contributed by atoms with Crippen LogP contribution in [0.5, 0.6) is 5.75 Å². The molecule has 0 aromatic heterocycles. The lowest BCUT2D eigenvalue weighted by Crippen LogP contribution is -2.43. The summed E-state index contributed by atoms with van der Waals surface area (Å²) in [5, 5.41) is 0. The Morgan fingerprint density at radius 2 is 1.94 bits per heavy atom. The molecule has 1 N–H and O–H groups in total. The van der Waals surface area contributed by atoms with E-state index in [2.05, 4.69) is 4.84 Å². The van der Waals surface area contributed by atoms with Crippen LogP contribution in [0.15, 0.2) is 18.2 Å². The average Bonchev–Trinajstić information content (AvgIpc) is 2.23. The van der Waals surface area contributed by atoms with E-state index in [9.17, 15) is 17.6 Å².